The minimum Gasteiger partial charge on any atom is -0.376 e. The van der Waals surface area contributed by atoms with Gasteiger partial charge in [0.2, 0.25) is 0 Å². The molecule has 1 fully saturated rings. The topological polar surface area (TPSA) is 21.3 Å². The zero-order valence-corrected chi connectivity index (χ0v) is 7.51. The fourth-order valence-electron chi connectivity index (χ4n) is 1.14. The summed E-state index contributed by atoms with van der Waals surface area (Å²) in [5, 5.41) is 3.17. The van der Waals surface area contributed by atoms with Crippen LogP contribution in [-0.4, -0.2) is 25.8 Å². The van der Waals surface area contributed by atoms with Crippen molar-refractivity contribution >= 4 is 0 Å². The van der Waals surface area contributed by atoms with Crippen molar-refractivity contribution in [3.8, 4) is 12.3 Å². The van der Waals surface area contributed by atoms with Crippen LogP contribution >= 0.6 is 0 Å². The molecule has 0 amide bonds. The van der Waals surface area contributed by atoms with E-state index in [9.17, 15) is 0 Å². The van der Waals surface area contributed by atoms with Crippen LogP contribution in [0.5, 0.6) is 0 Å². The Labute approximate surface area is 74.7 Å². The molecule has 2 nitrogen and oxygen atoms in total. The number of hydrogen-bond acceptors (Lipinski definition) is 2. The minimum atomic E-state index is 0.484. The van der Waals surface area contributed by atoms with Gasteiger partial charge in [-0.25, -0.2) is 0 Å². The summed E-state index contributed by atoms with van der Waals surface area (Å²) in [5.41, 5.74) is 0. The van der Waals surface area contributed by atoms with Crippen LogP contribution in [0.2, 0.25) is 0 Å². The molecule has 0 bridgehead atoms. The molecule has 0 aliphatic carbocycles. The SMILES string of the molecule is C#CCCCCCOC1CNC1. The van der Waals surface area contributed by atoms with E-state index < -0.39 is 0 Å². The van der Waals surface area contributed by atoms with Crippen molar-refractivity contribution in [2.75, 3.05) is 19.7 Å². The average Bonchev–Trinajstić information content (AvgIpc) is 2.00. The minimum absolute atomic E-state index is 0.484. The second-order valence-corrected chi connectivity index (χ2v) is 3.17. The predicted molar refractivity (Wildman–Crippen MR) is 49.9 cm³/mol. The summed E-state index contributed by atoms with van der Waals surface area (Å²) in [6.07, 6.45) is 10.0. The third-order valence-electron chi connectivity index (χ3n) is 2.06. The molecule has 1 N–H and O–H groups in total. The van der Waals surface area contributed by atoms with Crippen LogP contribution < -0.4 is 5.32 Å². The predicted octanol–water partition coefficient (Wildman–Crippen LogP) is 1.17. The summed E-state index contributed by atoms with van der Waals surface area (Å²) in [4.78, 5) is 0. The zero-order valence-electron chi connectivity index (χ0n) is 7.51. The van der Waals surface area contributed by atoms with Gasteiger partial charge in [0.1, 0.15) is 0 Å². The molecule has 0 aromatic carbocycles. The number of ether oxygens (including phenoxy) is 1. The van der Waals surface area contributed by atoms with Crippen molar-refractivity contribution in [2.24, 2.45) is 0 Å². The second-order valence-electron chi connectivity index (χ2n) is 3.17. The van der Waals surface area contributed by atoms with E-state index in [2.05, 4.69) is 11.2 Å². The lowest BCUT2D eigenvalue weighted by Gasteiger charge is -2.27. The molecule has 0 unspecified atom stereocenters. The van der Waals surface area contributed by atoms with Gasteiger partial charge >= 0.3 is 0 Å². The van der Waals surface area contributed by atoms with Crippen LogP contribution in [0.4, 0.5) is 0 Å². The van der Waals surface area contributed by atoms with Crippen LogP contribution in [-0.2, 0) is 4.74 Å². The van der Waals surface area contributed by atoms with E-state index in [1.165, 1.54) is 6.42 Å². The first kappa shape index (κ1) is 9.57. The van der Waals surface area contributed by atoms with Gasteiger partial charge in [-0.2, -0.15) is 0 Å². The normalized spacial score (nSPS) is 16.9. The fraction of sp³-hybridized carbons (Fsp3) is 0.800. The van der Waals surface area contributed by atoms with Gasteiger partial charge in [0.05, 0.1) is 6.10 Å². The van der Waals surface area contributed by atoms with Gasteiger partial charge in [-0.15, -0.1) is 12.3 Å². The van der Waals surface area contributed by atoms with E-state index in [0.717, 1.165) is 39.0 Å². The van der Waals surface area contributed by atoms with E-state index in [1.807, 2.05) is 0 Å². The standard InChI is InChI=1S/C10H17NO/c1-2-3-4-5-6-7-12-10-8-11-9-10/h1,10-11H,3-9H2. The molecular weight excluding hydrogens is 150 g/mol. The van der Waals surface area contributed by atoms with Gasteiger partial charge in [-0.05, 0) is 12.8 Å². The lowest BCUT2D eigenvalue weighted by atomic mass is 10.2. The number of hydrogen-bond donors (Lipinski definition) is 1. The van der Waals surface area contributed by atoms with Gasteiger partial charge in [-0.1, -0.05) is 6.42 Å². The molecule has 1 aliphatic heterocycles. The van der Waals surface area contributed by atoms with Crippen LogP contribution in [0.3, 0.4) is 0 Å². The van der Waals surface area contributed by atoms with Gasteiger partial charge in [0.15, 0.2) is 0 Å². The van der Waals surface area contributed by atoms with E-state index in [-0.39, 0.29) is 0 Å². The monoisotopic (exact) mass is 167 g/mol. The van der Waals surface area contributed by atoms with Gasteiger partial charge < -0.3 is 10.1 Å². The van der Waals surface area contributed by atoms with Crippen molar-refractivity contribution in [2.45, 2.75) is 31.8 Å². The van der Waals surface area contributed by atoms with Gasteiger partial charge in [0, 0.05) is 26.1 Å². The maximum atomic E-state index is 5.54. The Balaban J connectivity index is 1.74. The van der Waals surface area contributed by atoms with Crippen molar-refractivity contribution in [1.82, 2.24) is 5.32 Å². The number of nitrogens with one attached hydrogen (secondary N) is 1. The van der Waals surface area contributed by atoms with Crippen LogP contribution in [0.1, 0.15) is 25.7 Å². The molecule has 1 rings (SSSR count). The summed E-state index contributed by atoms with van der Waals surface area (Å²) >= 11 is 0. The maximum Gasteiger partial charge on any atom is 0.0823 e. The van der Waals surface area contributed by atoms with E-state index >= 15 is 0 Å². The van der Waals surface area contributed by atoms with E-state index in [0.29, 0.717) is 6.10 Å². The number of rotatable bonds is 6. The smallest absolute Gasteiger partial charge is 0.0823 e. The van der Waals surface area contributed by atoms with Crippen molar-refractivity contribution < 1.29 is 4.74 Å². The first-order valence-electron chi connectivity index (χ1n) is 4.69. The largest absolute Gasteiger partial charge is 0.376 e. The molecule has 0 spiro atoms. The summed E-state index contributed by atoms with van der Waals surface area (Å²) < 4.78 is 5.54. The molecule has 12 heavy (non-hydrogen) atoms. The molecule has 0 aromatic rings. The van der Waals surface area contributed by atoms with E-state index in [1.54, 1.807) is 0 Å². The molecular formula is C10H17NO. The highest BCUT2D eigenvalue weighted by atomic mass is 16.5. The van der Waals surface area contributed by atoms with Crippen LogP contribution in [0.15, 0.2) is 0 Å². The Morgan fingerprint density at radius 2 is 2.17 bits per heavy atom. The van der Waals surface area contributed by atoms with Crippen molar-refractivity contribution in [3.63, 3.8) is 0 Å². The summed E-state index contributed by atoms with van der Waals surface area (Å²) in [6.45, 7) is 2.96. The Kier molecular flexibility index (Phi) is 4.82. The third-order valence-corrected chi connectivity index (χ3v) is 2.06. The Morgan fingerprint density at radius 1 is 1.33 bits per heavy atom. The molecule has 0 aromatic heterocycles. The highest BCUT2D eigenvalue weighted by Gasteiger charge is 2.15. The zero-order chi connectivity index (χ0) is 8.65. The fourth-order valence-corrected chi connectivity index (χ4v) is 1.14. The third kappa shape index (κ3) is 3.75. The molecule has 1 heterocycles. The Hall–Kier alpha value is -0.520. The second kappa shape index (κ2) is 6.05. The summed E-state index contributed by atoms with van der Waals surface area (Å²) in [7, 11) is 0. The molecule has 0 radical (unpaired) electrons. The molecule has 68 valence electrons. The molecule has 0 saturated carbocycles. The lowest BCUT2D eigenvalue weighted by molar-refractivity contribution is 0.0170. The average molecular weight is 167 g/mol. The number of terminal acetylenes is 1. The Bertz CT molecular complexity index is 146. The van der Waals surface area contributed by atoms with Crippen molar-refractivity contribution in [1.29, 1.82) is 0 Å². The quantitative estimate of drug-likeness (QED) is 0.473. The first-order chi connectivity index (χ1) is 5.93. The van der Waals surface area contributed by atoms with Crippen LogP contribution in [0.25, 0.3) is 0 Å². The summed E-state index contributed by atoms with van der Waals surface area (Å²) in [5.74, 6) is 2.64. The number of unbranched alkanes of at least 4 members (excludes halogenated alkanes) is 3. The van der Waals surface area contributed by atoms with Gasteiger partial charge in [0.25, 0.3) is 0 Å². The van der Waals surface area contributed by atoms with Crippen molar-refractivity contribution in [3.05, 3.63) is 0 Å². The molecule has 2 heteroatoms. The lowest BCUT2D eigenvalue weighted by Crippen LogP contribution is -2.48. The Morgan fingerprint density at radius 3 is 2.75 bits per heavy atom. The molecule has 1 aliphatic rings. The maximum absolute atomic E-state index is 5.54. The molecule has 0 atom stereocenters. The molecule has 1 saturated heterocycles. The van der Waals surface area contributed by atoms with Crippen LogP contribution in [0, 0.1) is 12.3 Å². The highest BCUT2D eigenvalue weighted by Crippen LogP contribution is 2.03. The summed E-state index contributed by atoms with van der Waals surface area (Å²) in [6, 6.07) is 0. The van der Waals surface area contributed by atoms with Gasteiger partial charge in [-0.3, -0.25) is 0 Å². The highest BCUT2D eigenvalue weighted by molar-refractivity contribution is 4.82. The first-order valence-corrected chi connectivity index (χ1v) is 4.69. The van der Waals surface area contributed by atoms with E-state index in [4.69, 9.17) is 11.2 Å².